The summed E-state index contributed by atoms with van der Waals surface area (Å²) in [6, 6.07) is 17.2. The molecule has 2 amide bonds. The number of para-hydroxylation sites is 1. The molecule has 2 unspecified atom stereocenters. The van der Waals surface area contributed by atoms with Gasteiger partial charge in [0.1, 0.15) is 0 Å². The SMILES string of the molecule is CC(C)c1ccccc1NC(=O)C1C(=O)NC(C)(CCc2ccccc2)C1=O. The number of hydrogen-bond acceptors (Lipinski definition) is 3. The third kappa shape index (κ3) is 3.98. The van der Waals surface area contributed by atoms with Crippen LogP contribution in [-0.4, -0.2) is 23.1 Å². The zero-order valence-corrected chi connectivity index (χ0v) is 16.5. The molecule has 0 aliphatic carbocycles. The molecule has 0 saturated carbocycles. The van der Waals surface area contributed by atoms with E-state index < -0.39 is 23.3 Å². The lowest BCUT2D eigenvalue weighted by Crippen LogP contribution is -2.44. The predicted octanol–water partition coefficient (Wildman–Crippen LogP) is 3.46. The maximum Gasteiger partial charge on any atom is 0.244 e. The minimum Gasteiger partial charge on any atom is -0.343 e. The first kappa shape index (κ1) is 19.8. The molecule has 0 bridgehead atoms. The number of carbonyl (C=O) groups excluding carboxylic acids is 3. The highest BCUT2D eigenvalue weighted by Crippen LogP contribution is 2.29. The third-order valence-corrected chi connectivity index (χ3v) is 5.33. The van der Waals surface area contributed by atoms with Gasteiger partial charge in [-0.1, -0.05) is 62.4 Å². The lowest BCUT2D eigenvalue weighted by molar-refractivity contribution is -0.135. The minimum atomic E-state index is -1.32. The molecule has 2 aromatic rings. The van der Waals surface area contributed by atoms with Crippen molar-refractivity contribution in [2.75, 3.05) is 5.32 Å². The molecule has 1 heterocycles. The van der Waals surface area contributed by atoms with Crippen LogP contribution in [0.2, 0.25) is 0 Å². The molecule has 146 valence electrons. The maximum atomic E-state index is 13.0. The van der Waals surface area contributed by atoms with Crippen molar-refractivity contribution < 1.29 is 14.4 Å². The fraction of sp³-hybridized carbons (Fsp3) is 0.348. The topological polar surface area (TPSA) is 75.3 Å². The van der Waals surface area contributed by atoms with Gasteiger partial charge in [0.05, 0.1) is 5.54 Å². The highest BCUT2D eigenvalue weighted by atomic mass is 16.2. The molecule has 5 nitrogen and oxygen atoms in total. The van der Waals surface area contributed by atoms with E-state index in [9.17, 15) is 14.4 Å². The van der Waals surface area contributed by atoms with E-state index in [1.165, 1.54) is 0 Å². The van der Waals surface area contributed by atoms with E-state index >= 15 is 0 Å². The van der Waals surface area contributed by atoms with E-state index in [0.29, 0.717) is 18.5 Å². The molecule has 2 atom stereocenters. The average molecular weight is 378 g/mol. The van der Waals surface area contributed by atoms with Crippen molar-refractivity contribution in [3.8, 4) is 0 Å². The molecule has 1 aliphatic rings. The Hall–Kier alpha value is -2.95. The van der Waals surface area contributed by atoms with Crippen molar-refractivity contribution in [3.05, 3.63) is 65.7 Å². The Balaban J connectivity index is 1.73. The smallest absolute Gasteiger partial charge is 0.244 e. The van der Waals surface area contributed by atoms with E-state index in [2.05, 4.69) is 10.6 Å². The van der Waals surface area contributed by atoms with Crippen LogP contribution >= 0.6 is 0 Å². The maximum absolute atomic E-state index is 13.0. The van der Waals surface area contributed by atoms with Crippen LogP contribution in [0.5, 0.6) is 0 Å². The Bertz CT molecular complexity index is 892. The lowest BCUT2D eigenvalue weighted by Gasteiger charge is -2.22. The van der Waals surface area contributed by atoms with Crippen molar-refractivity contribution in [3.63, 3.8) is 0 Å². The average Bonchev–Trinajstić information content (AvgIpc) is 2.90. The Kier molecular flexibility index (Phi) is 5.63. The van der Waals surface area contributed by atoms with Crippen LogP contribution in [0.4, 0.5) is 5.69 Å². The first-order valence-electron chi connectivity index (χ1n) is 9.62. The number of anilines is 1. The molecule has 0 aromatic heterocycles. The van der Waals surface area contributed by atoms with Gasteiger partial charge in [0.2, 0.25) is 11.8 Å². The molecular weight excluding hydrogens is 352 g/mol. The number of carbonyl (C=O) groups is 3. The zero-order valence-electron chi connectivity index (χ0n) is 16.5. The van der Waals surface area contributed by atoms with Gasteiger partial charge in [0.25, 0.3) is 0 Å². The fourth-order valence-electron chi connectivity index (χ4n) is 3.63. The van der Waals surface area contributed by atoms with E-state index in [-0.39, 0.29) is 11.7 Å². The van der Waals surface area contributed by atoms with Gasteiger partial charge in [-0.3, -0.25) is 14.4 Å². The fourth-order valence-corrected chi connectivity index (χ4v) is 3.63. The van der Waals surface area contributed by atoms with Gasteiger partial charge in [-0.15, -0.1) is 0 Å². The van der Waals surface area contributed by atoms with Crippen LogP contribution in [0.15, 0.2) is 54.6 Å². The number of ketones is 1. The van der Waals surface area contributed by atoms with Crippen molar-refractivity contribution in [2.24, 2.45) is 5.92 Å². The van der Waals surface area contributed by atoms with Gasteiger partial charge in [-0.2, -0.15) is 0 Å². The molecule has 1 saturated heterocycles. The summed E-state index contributed by atoms with van der Waals surface area (Å²) in [5, 5.41) is 5.54. The second-order valence-corrected chi connectivity index (χ2v) is 7.84. The number of Topliss-reactive ketones (excluding diaryl/α,β-unsaturated/α-hetero) is 1. The highest BCUT2D eigenvalue weighted by Gasteiger charge is 2.52. The summed E-state index contributed by atoms with van der Waals surface area (Å²) >= 11 is 0. The molecule has 1 fully saturated rings. The van der Waals surface area contributed by atoms with Crippen molar-refractivity contribution in [2.45, 2.75) is 45.1 Å². The van der Waals surface area contributed by atoms with Gasteiger partial charge in [0.15, 0.2) is 11.7 Å². The number of hydrogen-bond donors (Lipinski definition) is 2. The normalized spacial score (nSPS) is 21.6. The molecule has 3 rings (SSSR count). The predicted molar refractivity (Wildman–Crippen MR) is 109 cm³/mol. The van der Waals surface area contributed by atoms with Gasteiger partial charge in [-0.25, -0.2) is 0 Å². The third-order valence-electron chi connectivity index (χ3n) is 5.33. The number of nitrogens with one attached hydrogen (secondary N) is 2. The molecule has 2 aromatic carbocycles. The summed E-state index contributed by atoms with van der Waals surface area (Å²) in [7, 11) is 0. The standard InChI is InChI=1S/C23H26N2O3/c1-15(2)17-11-7-8-12-18(17)24-21(27)19-20(26)23(3,25-22(19)28)14-13-16-9-5-4-6-10-16/h4-12,15,19H,13-14H2,1-3H3,(H,24,27)(H,25,28). The summed E-state index contributed by atoms with van der Waals surface area (Å²) in [6.45, 7) is 5.75. The first-order chi connectivity index (χ1) is 13.3. The Morgan fingerprint density at radius 2 is 1.71 bits per heavy atom. The zero-order chi connectivity index (χ0) is 20.3. The monoisotopic (exact) mass is 378 g/mol. The molecule has 1 aliphatic heterocycles. The number of benzene rings is 2. The number of rotatable bonds is 6. The lowest BCUT2D eigenvalue weighted by atomic mass is 9.87. The van der Waals surface area contributed by atoms with Gasteiger partial charge in [-0.05, 0) is 42.9 Å². The molecule has 5 heteroatoms. The molecule has 0 spiro atoms. The molecular formula is C23H26N2O3. The Morgan fingerprint density at radius 1 is 1.07 bits per heavy atom. The van der Waals surface area contributed by atoms with Crippen molar-refractivity contribution in [1.29, 1.82) is 0 Å². The summed E-state index contributed by atoms with van der Waals surface area (Å²) in [5.74, 6) is -2.58. The van der Waals surface area contributed by atoms with Gasteiger partial charge >= 0.3 is 0 Å². The summed E-state index contributed by atoms with van der Waals surface area (Å²) < 4.78 is 0. The molecule has 28 heavy (non-hydrogen) atoms. The van der Waals surface area contributed by atoms with Crippen molar-refractivity contribution >= 4 is 23.3 Å². The quantitative estimate of drug-likeness (QED) is 0.756. The first-order valence-corrected chi connectivity index (χ1v) is 9.62. The van der Waals surface area contributed by atoms with E-state index in [1.54, 1.807) is 13.0 Å². The summed E-state index contributed by atoms with van der Waals surface area (Å²) in [6.07, 6.45) is 1.10. The van der Waals surface area contributed by atoms with Crippen LogP contribution < -0.4 is 10.6 Å². The molecule has 2 N–H and O–H groups in total. The van der Waals surface area contributed by atoms with Crippen LogP contribution in [0.1, 0.15) is 44.2 Å². The molecule has 0 radical (unpaired) electrons. The van der Waals surface area contributed by atoms with Crippen LogP contribution in [0.25, 0.3) is 0 Å². The summed E-state index contributed by atoms with van der Waals surface area (Å²) in [4.78, 5) is 38.2. The second-order valence-electron chi connectivity index (χ2n) is 7.84. The Labute approximate surface area is 165 Å². The second kappa shape index (κ2) is 7.97. The summed E-state index contributed by atoms with van der Waals surface area (Å²) in [5.41, 5.74) is 1.66. The van der Waals surface area contributed by atoms with E-state index in [4.69, 9.17) is 0 Å². The van der Waals surface area contributed by atoms with E-state index in [1.807, 2.05) is 62.4 Å². The van der Waals surface area contributed by atoms with E-state index in [0.717, 1.165) is 11.1 Å². The van der Waals surface area contributed by atoms with Gasteiger partial charge in [0, 0.05) is 5.69 Å². The number of amides is 2. The van der Waals surface area contributed by atoms with Crippen LogP contribution in [0, 0.1) is 5.92 Å². The number of aryl methyl sites for hydroxylation is 1. The van der Waals surface area contributed by atoms with Crippen LogP contribution in [-0.2, 0) is 20.8 Å². The highest BCUT2D eigenvalue weighted by molar-refractivity contribution is 6.27. The minimum absolute atomic E-state index is 0.209. The van der Waals surface area contributed by atoms with Crippen molar-refractivity contribution in [1.82, 2.24) is 5.32 Å². The Morgan fingerprint density at radius 3 is 2.39 bits per heavy atom. The largest absolute Gasteiger partial charge is 0.343 e. The van der Waals surface area contributed by atoms with Crippen LogP contribution in [0.3, 0.4) is 0 Å². The van der Waals surface area contributed by atoms with Gasteiger partial charge < -0.3 is 10.6 Å².